The van der Waals surface area contributed by atoms with Gasteiger partial charge in [-0.2, -0.15) is 0 Å². The summed E-state index contributed by atoms with van der Waals surface area (Å²) >= 11 is 0. The van der Waals surface area contributed by atoms with Crippen LogP contribution in [0.15, 0.2) is 179 Å². The van der Waals surface area contributed by atoms with Crippen LogP contribution in [-0.4, -0.2) is 4.98 Å². The Labute approximate surface area is 282 Å². The van der Waals surface area contributed by atoms with Crippen molar-refractivity contribution < 1.29 is 8.83 Å². The molecule has 0 unspecified atom stereocenters. The molecule has 2 aromatic heterocycles. The number of benzene rings is 8. The molecule has 2 heterocycles. The van der Waals surface area contributed by atoms with Gasteiger partial charge in [0.15, 0.2) is 5.58 Å². The van der Waals surface area contributed by atoms with Crippen molar-refractivity contribution in [3.05, 3.63) is 170 Å². The number of hydrogen-bond acceptors (Lipinski definition) is 4. The Morgan fingerprint density at radius 2 is 1.04 bits per heavy atom. The lowest BCUT2D eigenvalue weighted by Gasteiger charge is -2.26. The van der Waals surface area contributed by atoms with Crippen LogP contribution in [-0.2, 0) is 0 Å². The topological polar surface area (TPSA) is 42.4 Å². The summed E-state index contributed by atoms with van der Waals surface area (Å²) in [5, 5.41) is 6.87. The predicted molar refractivity (Wildman–Crippen MR) is 202 cm³/mol. The minimum atomic E-state index is 0.600. The highest BCUT2D eigenvalue weighted by Crippen LogP contribution is 2.42. The predicted octanol–water partition coefficient (Wildman–Crippen LogP) is 12.8. The Balaban J connectivity index is 1.16. The summed E-state index contributed by atoms with van der Waals surface area (Å²) in [5.41, 5.74) is 9.51. The summed E-state index contributed by atoms with van der Waals surface area (Å²) in [5.74, 6) is 0.600. The van der Waals surface area contributed by atoms with E-state index >= 15 is 0 Å². The number of rotatable bonds is 5. The Kier molecular flexibility index (Phi) is 6.15. The summed E-state index contributed by atoms with van der Waals surface area (Å²) in [7, 11) is 0. The van der Waals surface area contributed by atoms with Crippen LogP contribution in [0.1, 0.15) is 0 Å². The highest BCUT2D eigenvalue weighted by Gasteiger charge is 2.20. The summed E-state index contributed by atoms with van der Waals surface area (Å²) < 4.78 is 12.7. The van der Waals surface area contributed by atoms with Gasteiger partial charge in [-0.15, -0.1) is 0 Å². The van der Waals surface area contributed by atoms with Crippen LogP contribution in [0.3, 0.4) is 0 Å². The molecule has 230 valence electrons. The minimum Gasteiger partial charge on any atom is -0.456 e. The van der Waals surface area contributed by atoms with Gasteiger partial charge >= 0.3 is 0 Å². The number of hydrogen-bond donors (Lipinski definition) is 0. The van der Waals surface area contributed by atoms with Crippen LogP contribution < -0.4 is 4.90 Å². The lowest BCUT2D eigenvalue weighted by atomic mass is 10.0. The van der Waals surface area contributed by atoms with E-state index in [1.165, 1.54) is 27.1 Å². The molecule has 0 fully saturated rings. The second kappa shape index (κ2) is 11.0. The van der Waals surface area contributed by atoms with Crippen LogP contribution in [0.25, 0.3) is 77.2 Å². The smallest absolute Gasteiger partial charge is 0.227 e. The van der Waals surface area contributed by atoms with Gasteiger partial charge in [-0.25, -0.2) is 4.98 Å². The maximum atomic E-state index is 6.54. The fourth-order valence-electron chi connectivity index (χ4n) is 7.13. The average molecular weight is 629 g/mol. The SMILES string of the molecule is c1ccc(-c2cccc(N(c3ccc4c(ccc5ccccc54)c3)c3ccc4c(c3)oc3ccc5oc(-c6ccccc6)nc5c34)c2)cc1. The fraction of sp³-hybridized carbons (Fsp3) is 0. The third kappa shape index (κ3) is 4.57. The lowest BCUT2D eigenvalue weighted by Crippen LogP contribution is -2.10. The van der Waals surface area contributed by atoms with Crippen molar-refractivity contribution in [2.75, 3.05) is 4.90 Å². The maximum Gasteiger partial charge on any atom is 0.227 e. The molecule has 0 bridgehead atoms. The molecule has 0 aliphatic carbocycles. The van der Waals surface area contributed by atoms with Crippen molar-refractivity contribution in [2.24, 2.45) is 0 Å². The molecule has 0 aliphatic heterocycles. The first kappa shape index (κ1) is 27.5. The van der Waals surface area contributed by atoms with Crippen LogP contribution in [0.4, 0.5) is 17.1 Å². The molecule has 10 rings (SSSR count). The molecule has 8 aromatic carbocycles. The normalized spacial score (nSPS) is 11.7. The summed E-state index contributed by atoms with van der Waals surface area (Å²) in [6.07, 6.45) is 0. The number of anilines is 3. The molecule has 0 aliphatic rings. The molecule has 0 spiro atoms. The number of furan rings is 1. The molecule has 0 N–H and O–H groups in total. The van der Waals surface area contributed by atoms with E-state index in [9.17, 15) is 0 Å². The molecule has 4 nitrogen and oxygen atoms in total. The average Bonchev–Trinajstić information content (AvgIpc) is 3.77. The highest BCUT2D eigenvalue weighted by atomic mass is 16.4. The zero-order valence-corrected chi connectivity index (χ0v) is 26.4. The molecule has 0 saturated carbocycles. The molecular weight excluding hydrogens is 601 g/mol. The van der Waals surface area contributed by atoms with E-state index in [-0.39, 0.29) is 0 Å². The van der Waals surface area contributed by atoms with Gasteiger partial charge < -0.3 is 13.7 Å². The molecule has 4 heteroatoms. The number of nitrogens with zero attached hydrogens (tertiary/aromatic N) is 2. The zero-order valence-electron chi connectivity index (χ0n) is 26.4. The van der Waals surface area contributed by atoms with E-state index in [4.69, 9.17) is 13.8 Å². The molecule has 49 heavy (non-hydrogen) atoms. The molecule has 0 radical (unpaired) electrons. The molecule has 0 saturated heterocycles. The Hall–Kier alpha value is -6.65. The minimum absolute atomic E-state index is 0.600. The van der Waals surface area contributed by atoms with Crippen molar-refractivity contribution in [3.63, 3.8) is 0 Å². The van der Waals surface area contributed by atoms with Crippen molar-refractivity contribution in [2.45, 2.75) is 0 Å². The third-order valence-electron chi connectivity index (χ3n) is 9.45. The molecule has 10 aromatic rings. The van der Waals surface area contributed by atoms with E-state index in [2.05, 4.69) is 132 Å². The van der Waals surface area contributed by atoms with E-state index in [1.54, 1.807) is 0 Å². The quantitative estimate of drug-likeness (QED) is 0.178. The first-order valence-electron chi connectivity index (χ1n) is 16.5. The Morgan fingerprint density at radius 1 is 0.388 bits per heavy atom. The van der Waals surface area contributed by atoms with Crippen LogP contribution in [0.2, 0.25) is 0 Å². The van der Waals surface area contributed by atoms with Gasteiger partial charge in [0.25, 0.3) is 0 Å². The van der Waals surface area contributed by atoms with Crippen LogP contribution in [0, 0.1) is 0 Å². The van der Waals surface area contributed by atoms with Gasteiger partial charge in [-0.3, -0.25) is 0 Å². The van der Waals surface area contributed by atoms with E-state index in [1.807, 2.05) is 42.5 Å². The molecule has 0 amide bonds. The van der Waals surface area contributed by atoms with Gasteiger partial charge in [0, 0.05) is 34.1 Å². The summed E-state index contributed by atoms with van der Waals surface area (Å²) in [6.45, 7) is 0. The van der Waals surface area contributed by atoms with Crippen molar-refractivity contribution >= 4 is 71.6 Å². The number of aromatic nitrogens is 1. The van der Waals surface area contributed by atoms with E-state index in [0.29, 0.717) is 5.89 Å². The van der Waals surface area contributed by atoms with Crippen molar-refractivity contribution in [3.8, 4) is 22.6 Å². The first-order valence-corrected chi connectivity index (χ1v) is 16.5. The van der Waals surface area contributed by atoms with Gasteiger partial charge in [0.1, 0.15) is 16.7 Å². The van der Waals surface area contributed by atoms with E-state index in [0.717, 1.165) is 61.2 Å². The van der Waals surface area contributed by atoms with Crippen molar-refractivity contribution in [1.29, 1.82) is 0 Å². The van der Waals surface area contributed by atoms with Gasteiger partial charge in [0.2, 0.25) is 5.89 Å². The van der Waals surface area contributed by atoms with Gasteiger partial charge in [0.05, 0.1) is 5.39 Å². The second-order valence-corrected chi connectivity index (χ2v) is 12.4. The van der Waals surface area contributed by atoms with Crippen molar-refractivity contribution in [1.82, 2.24) is 4.98 Å². The summed E-state index contributed by atoms with van der Waals surface area (Å²) in [6, 6.07) is 59.4. The Bertz CT molecular complexity index is 2830. The van der Waals surface area contributed by atoms with Crippen LogP contribution >= 0.6 is 0 Å². The standard InChI is InChI=1S/C45H28N2O2/c1-3-10-29(11-4-1)32-15-9-16-34(26-32)47(35-20-22-38-33(27-35)19-18-30-12-7-8-17-37(30)38)36-21-23-39-42(28-36)48-40-24-25-41-44(43(39)40)46-45(49-41)31-13-5-2-6-14-31/h1-28H. The summed E-state index contributed by atoms with van der Waals surface area (Å²) in [4.78, 5) is 7.25. The maximum absolute atomic E-state index is 6.54. The van der Waals surface area contributed by atoms with Crippen LogP contribution in [0.5, 0.6) is 0 Å². The fourth-order valence-corrected chi connectivity index (χ4v) is 7.13. The Morgan fingerprint density at radius 3 is 1.90 bits per heavy atom. The first-order chi connectivity index (χ1) is 24.3. The zero-order chi connectivity index (χ0) is 32.3. The molecule has 0 atom stereocenters. The van der Waals surface area contributed by atoms with Gasteiger partial charge in [-0.1, -0.05) is 103 Å². The largest absolute Gasteiger partial charge is 0.456 e. The van der Waals surface area contributed by atoms with E-state index < -0.39 is 0 Å². The number of fused-ring (bicyclic) bond motifs is 8. The number of oxazole rings is 1. The van der Waals surface area contributed by atoms with Gasteiger partial charge in [-0.05, 0) is 93.3 Å². The monoisotopic (exact) mass is 628 g/mol. The highest BCUT2D eigenvalue weighted by molar-refractivity contribution is 6.17. The lowest BCUT2D eigenvalue weighted by molar-refractivity contribution is 0.619. The third-order valence-corrected chi connectivity index (χ3v) is 9.45. The molecular formula is C45H28N2O2. The second-order valence-electron chi connectivity index (χ2n) is 12.4.